The molecule has 4 nitrogen and oxygen atoms in total. The molecular weight excluding hydrogens is 271 g/mol. The van der Waals surface area contributed by atoms with Crippen molar-refractivity contribution in [3.63, 3.8) is 0 Å². The highest BCUT2D eigenvalue weighted by Crippen LogP contribution is 2.30. The quantitative estimate of drug-likeness (QED) is 0.925. The van der Waals surface area contributed by atoms with E-state index in [1.54, 1.807) is 0 Å². The van der Waals surface area contributed by atoms with Crippen LogP contribution in [0.4, 0.5) is 19.0 Å². The molecule has 0 saturated carbocycles. The number of hydrogen-bond donors (Lipinski definition) is 1. The molecule has 0 aromatic carbocycles. The molecule has 1 saturated heterocycles. The number of amides is 1. The summed E-state index contributed by atoms with van der Waals surface area (Å²) in [6.45, 7) is 3.48. The number of rotatable bonds is 3. The van der Waals surface area contributed by atoms with Crippen LogP contribution in [0, 0.1) is 5.92 Å². The summed E-state index contributed by atoms with van der Waals surface area (Å²) in [7, 11) is 0. The van der Waals surface area contributed by atoms with E-state index in [0.29, 0.717) is 24.8 Å². The van der Waals surface area contributed by atoms with E-state index >= 15 is 0 Å². The number of nitrogens with zero attached hydrogens (tertiary/aromatic N) is 2. The van der Waals surface area contributed by atoms with Gasteiger partial charge in [-0.15, -0.1) is 0 Å². The Morgan fingerprint density at radius 3 is 2.80 bits per heavy atom. The predicted molar refractivity (Wildman–Crippen MR) is 68.2 cm³/mol. The van der Waals surface area contributed by atoms with Gasteiger partial charge < -0.3 is 10.2 Å². The van der Waals surface area contributed by atoms with E-state index in [1.807, 2.05) is 4.90 Å². The van der Waals surface area contributed by atoms with Gasteiger partial charge in [-0.05, 0) is 24.5 Å². The average molecular weight is 287 g/mol. The summed E-state index contributed by atoms with van der Waals surface area (Å²) in [6, 6.07) is 2.44. The van der Waals surface area contributed by atoms with E-state index in [4.69, 9.17) is 0 Å². The molecule has 1 unspecified atom stereocenters. The van der Waals surface area contributed by atoms with Crippen molar-refractivity contribution in [3.8, 4) is 0 Å². The summed E-state index contributed by atoms with van der Waals surface area (Å²) < 4.78 is 37.3. The Morgan fingerprint density at radius 2 is 2.25 bits per heavy atom. The summed E-state index contributed by atoms with van der Waals surface area (Å²) in [5.74, 6) is 0.780. The number of carbonyl (C=O) groups is 1. The fraction of sp³-hybridized carbons (Fsp3) is 0.538. The second-order valence-electron chi connectivity index (χ2n) is 4.94. The Kier molecular flexibility index (Phi) is 4.15. The molecule has 20 heavy (non-hydrogen) atoms. The SMILES string of the molecule is CC(=O)NCC1CCN(c2ccc(C(F)(F)F)cn2)C1. The van der Waals surface area contributed by atoms with Gasteiger partial charge in [0.25, 0.3) is 0 Å². The fourth-order valence-corrected chi connectivity index (χ4v) is 2.24. The van der Waals surface area contributed by atoms with Gasteiger partial charge in [-0.2, -0.15) is 13.2 Å². The maximum Gasteiger partial charge on any atom is 0.417 e. The first kappa shape index (κ1) is 14.6. The van der Waals surface area contributed by atoms with Gasteiger partial charge in [-0.25, -0.2) is 4.98 Å². The Balaban J connectivity index is 1.95. The topological polar surface area (TPSA) is 45.2 Å². The van der Waals surface area contributed by atoms with E-state index in [2.05, 4.69) is 10.3 Å². The van der Waals surface area contributed by atoms with E-state index in [1.165, 1.54) is 13.0 Å². The second-order valence-corrected chi connectivity index (χ2v) is 4.94. The number of alkyl halides is 3. The second kappa shape index (κ2) is 5.68. The van der Waals surface area contributed by atoms with Crippen LogP contribution in [-0.4, -0.2) is 30.5 Å². The number of hydrogen-bond acceptors (Lipinski definition) is 3. The highest BCUT2D eigenvalue weighted by molar-refractivity contribution is 5.72. The number of nitrogens with one attached hydrogen (secondary N) is 1. The maximum atomic E-state index is 12.4. The van der Waals surface area contributed by atoms with Crippen LogP contribution >= 0.6 is 0 Å². The summed E-state index contributed by atoms with van der Waals surface area (Å²) in [5, 5.41) is 2.75. The first-order valence-corrected chi connectivity index (χ1v) is 6.39. The third-order valence-corrected chi connectivity index (χ3v) is 3.32. The van der Waals surface area contributed by atoms with Crippen LogP contribution in [0.5, 0.6) is 0 Å². The highest BCUT2D eigenvalue weighted by atomic mass is 19.4. The minimum absolute atomic E-state index is 0.0731. The highest BCUT2D eigenvalue weighted by Gasteiger charge is 2.31. The first-order valence-electron chi connectivity index (χ1n) is 6.39. The molecule has 1 aromatic rings. The fourth-order valence-electron chi connectivity index (χ4n) is 2.24. The smallest absolute Gasteiger partial charge is 0.356 e. The molecule has 1 atom stereocenters. The van der Waals surface area contributed by atoms with Crippen molar-refractivity contribution in [2.45, 2.75) is 19.5 Å². The average Bonchev–Trinajstić information content (AvgIpc) is 2.84. The molecule has 7 heteroatoms. The third kappa shape index (κ3) is 3.61. The van der Waals surface area contributed by atoms with Crippen molar-refractivity contribution >= 4 is 11.7 Å². The summed E-state index contributed by atoms with van der Waals surface area (Å²) in [5.41, 5.74) is -0.741. The zero-order valence-electron chi connectivity index (χ0n) is 11.1. The van der Waals surface area contributed by atoms with Gasteiger partial charge in [0.2, 0.25) is 5.91 Å². The molecule has 0 spiro atoms. The van der Waals surface area contributed by atoms with E-state index in [9.17, 15) is 18.0 Å². The van der Waals surface area contributed by atoms with Gasteiger partial charge in [0.1, 0.15) is 5.82 Å². The lowest BCUT2D eigenvalue weighted by Crippen LogP contribution is -2.29. The van der Waals surface area contributed by atoms with E-state index in [0.717, 1.165) is 25.2 Å². The largest absolute Gasteiger partial charge is 0.417 e. The van der Waals surface area contributed by atoms with Crippen LogP contribution in [-0.2, 0) is 11.0 Å². The number of pyridine rings is 1. The zero-order chi connectivity index (χ0) is 14.8. The lowest BCUT2D eigenvalue weighted by atomic mass is 10.1. The number of aromatic nitrogens is 1. The van der Waals surface area contributed by atoms with Crippen molar-refractivity contribution < 1.29 is 18.0 Å². The first-order chi connectivity index (χ1) is 9.36. The van der Waals surface area contributed by atoms with Gasteiger partial charge >= 0.3 is 6.18 Å². The van der Waals surface area contributed by atoms with Crippen molar-refractivity contribution in [2.75, 3.05) is 24.5 Å². The van der Waals surface area contributed by atoms with Gasteiger partial charge in [-0.3, -0.25) is 4.79 Å². The standard InChI is InChI=1S/C13H16F3N3O/c1-9(20)17-6-10-4-5-19(8-10)12-3-2-11(7-18-12)13(14,15)16/h2-3,7,10H,4-6,8H2,1H3,(H,17,20). The summed E-state index contributed by atoms with van der Waals surface area (Å²) >= 11 is 0. The third-order valence-electron chi connectivity index (χ3n) is 3.32. The van der Waals surface area contributed by atoms with E-state index in [-0.39, 0.29) is 5.91 Å². The maximum absolute atomic E-state index is 12.4. The Hall–Kier alpha value is -1.79. The summed E-state index contributed by atoms with van der Waals surface area (Å²) in [4.78, 5) is 16.7. The number of anilines is 1. The summed E-state index contributed by atoms with van der Waals surface area (Å²) in [6.07, 6.45) is -2.61. The molecule has 110 valence electrons. The van der Waals surface area contributed by atoms with Crippen molar-refractivity contribution in [3.05, 3.63) is 23.9 Å². The molecule has 1 fully saturated rings. The van der Waals surface area contributed by atoms with Crippen LogP contribution in [0.2, 0.25) is 0 Å². The zero-order valence-corrected chi connectivity index (χ0v) is 11.1. The number of halogens is 3. The lowest BCUT2D eigenvalue weighted by molar-refractivity contribution is -0.137. The van der Waals surface area contributed by atoms with Crippen LogP contribution in [0.25, 0.3) is 0 Å². The lowest BCUT2D eigenvalue weighted by Gasteiger charge is -2.18. The minimum Gasteiger partial charge on any atom is -0.356 e. The molecular formula is C13H16F3N3O. The minimum atomic E-state index is -4.36. The Bertz CT molecular complexity index is 473. The number of carbonyl (C=O) groups excluding carboxylic acids is 1. The van der Waals surface area contributed by atoms with Crippen LogP contribution in [0.15, 0.2) is 18.3 Å². The van der Waals surface area contributed by atoms with Crippen LogP contribution < -0.4 is 10.2 Å². The Labute approximate surface area is 115 Å². The molecule has 2 rings (SSSR count). The van der Waals surface area contributed by atoms with Gasteiger partial charge in [0.15, 0.2) is 0 Å². The molecule has 0 radical (unpaired) electrons. The van der Waals surface area contributed by atoms with E-state index < -0.39 is 11.7 Å². The molecule has 1 N–H and O–H groups in total. The van der Waals surface area contributed by atoms with Crippen molar-refractivity contribution in [1.29, 1.82) is 0 Å². The van der Waals surface area contributed by atoms with Gasteiger partial charge in [-0.1, -0.05) is 0 Å². The van der Waals surface area contributed by atoms with Crippen molar-refractivity contribution in [2.24, 2.45) is 5.92 Å². The molecule has 2 heterocycles. The van der Waals surface area contributed by atoms with Crippen molar-refractivity contribution in [1.82, 2.24) is 10.3 Å². The molecule has 0 bridgehead atoms. The normalized spacial score (nSPS) is 19.2. The van der Waals surface area contributed by atoms with Gasteiger partial charge in [0, 0.05) is 32.8 Å². The molecule has 1 aliphatic heterocycles. The molecule has 0 aliphatic carbocycles. The molecule has 1 amide bonds. The molecule has 1 aromatic heterocycles. The van der Waals surface area contributed by atoms with Crippen LogP contribution in [0.1, 0.15) is 18.9 Å². The predicted octanol–water partition coefficient (Wildman–Crippen LogP) is 2.06. The molecule has 1 aliphatic rings. The van der Waals surface area contributed by atoms with Crippen LogP contribution in [0.3, 0.4) is 0 Å². The Morgan fingerprint density at radius 1 is 1.50 bits per heavy atom. The monoisotopic (exact) mass is 287 g/mol. The van der Waals surface area contributed by atoms with Gasteiger partial charge in [0.05, 0.1) is 5.56 Å².